The smallest absolute Gasteiger partial charge is 0.119 e. The van der Waals surface area contributed by atoms with Gasteiger partial charge < -0.3 is 10.1 Å². The summed E-state index contributed by atoms with van der Waals surface area (Å²) in [6, 6.07) is 8.86. The summed E-state index contributed by atoms with van der Waals surface area (Å²) < 4.78 is 5.29. The van der Waals surface area contributed by atoms with E-state index in [1.165, 1.54) is 18.5 Å². The Bertz CT molecular complexity index is 346. The van der Waals surface area contributed by atoms with Crippen molar-refractivity contribution in [3.8, 4) is 5.75 Å². The lowest BCUT2D eigenvalue weighted by Gasteiger charge is -2.27. The molecule has 1 fully saturated rings. The zero-order chi connectivity index (χ0) is 12.1. The first kappa shape index (κ1) is 12.4. The van der Waals surface area contributed by atoms with Gasteiger partial charge in [-0.2, -0.15) is 0 Å². The molecule has 0 saturated carbocycles. The maximum Gasteiger partial charge on any atom is 0.119 e. The van der Waals surface area contributed by atoms with E-state index in [9.17, 15) is 0 Å². The topological polar surface area (TPSA) is 24.5 Å². The molecule has 1 heterocycles. The minimum Gasteiger partial charge on any atom is -0.497 e. The summed E-state index contributed by atoms with van der Waals surface area (Å²) in [5.41, 5.74) is 1.34. The summed E-state index contributed by atoms with van der Waals surface area (Å²) in [4.78, 5) is 2.54. The first-order valence-electron chi connectivity index (χ1n) is 6.40. The van der Waals surface area contributed by atoms with E-state index in [1.54, 1.807) is 7.11 Å². The van der Waals surface area contributed by atoms with Gasteiger partial charge in [0.1, 0.15) is 5.75 Å². The minimum absolute atomic E-state index is 0.463. The van der Waals surface area contributed by atoms with Crippen LogP contribution < -0.4 is 10.1 Å². The van der Waals surface area contributed by atoms with E-state index in [-0.39, 0.29) is 0 Å². The molecule has 0 bridgehead atoms. The molecule has 1 aliphatic rings. The fourth-order valence-corrected chi connectivity index (χ4v) is 2.37. The third-order valence-corrected chi connectivity index (χ3v) is 3.50. The molecule has 17 heavy (non-hydrogen) atoms. The van der Waals surface area contributed by atoms with Crippen LogP contribution >= 0.6 is 0 Å². The van der Waals surface area contributed by atoms with Gasteiger partial charge in [-0.05, 0) is 44.1 Å². The summed E-state index contributed by atoms with van der Waals surface area (Å²) in [7, 11) is 1.72. The summed E-state index contributed by atoms with van der Waals surface area (Å²) in [6.07, 6.45) is 1.23. The summed E-state index contributed by atoms with van der Waals surface area (Å²) in [5.74, 6) is 0.947. The number of methoxy groups -OCH3 is 1. The Balaban J connectivity index is 2.08. The molecular formula is C14H22N2O. The van der Waals surface area contributed by atoms with Crippen molar-refractivity contribution in [3.63, 3.8) is 0 Å². The SMILES string of the molecule is COc1cccc(C(C)N2CCCNCC2)c1. The minimum atomic E-state index is 0.463. The van der Waals surface area contributed by atoms with Crippen LogP contribution in [0.2, 0.25) is 0 Å². The zero-order valence-corrected chi connectivity index (χ0v) is 10.8. The van der Waals surface area contributed by atoms with Crippen molar-refractivity contribution in [1.29, 1.82) is 0 Å². The lowest BCUT2D eigenvalue weighted by molar-refractivity contribution is 0.225. The van der Waals surface area contributed by atoms with Crippen LogP contribution in [0.3, 0.4) is 0 Å². The highest BCUT2D eigenvalue weighted by Gasteiger charge is 2.17. The molecule has 1 atom stereocenters. The van der Waals surface area contributed by atoms with E-state index in [4.69, 9.17) is 4.74 Å². The molecule has 2 rings (SSSR count). The number of hydrogen-bond donors (Lipinski definition) is 1. The highest BCUT2D eigenvalue weighted by atomic mass is 16.5. The van der Waals surface area contributed by atoms with E-state index >= 15 is 0 Å². The van der Waals surface area contributed by atoms with Crippen LogP contribution in [0.4, 0.5) is 0 Å². The molecule has 3 nitrogen and oxygen atoms in total. The fraction of sp³-hybridized carbons (Fsp3) is 0.571. The lowest BCUT2D eigenvalue weighted by atomic mass is 10.1. The number of nitrogens with one attached hydrogen (secondary N) is 1. The van der Waals surface area contributed by atoms with Crippen molar-refractivity contribution in [2.75, 3.05) is 33.3 Å². The number of benzene rings is 1. The molecule has 94 valence electrons. The Labute approximate surface area is 104 Å². The molecular weight excluding hydrogens is 212 g/mol. The van der Waals surface area contributed by atoms with Crippen LogP contribution in [0.5, 0.6) is 5.75 Å². The van der Waals surface area contributed by atoms with E-state index in [0.29, 0.717) is 6.04 Å². The van der Waals surface area contributed by atoms with Crippen molar-refractivity contribution in [1.82, 2.24) is 10.2 Å². The molecule has 1 saturated heterocycles. The summed E-state index contributed by atoms with van der Waals surface area (Å²) >= 11 is 0. The van der Waals surface area contributed by atoms with Crippen molar-refractivity contribution in [3.05, 3.63) is 29.8 Å². The molecule has 1 aromatic carbocycles. The van der Waals surface area contributed by atoms with Crippen LogP contribution in [0.15, 0.2) is 24.3 Å². The Kier molecular flexibility index (Phi) is 4.40. The Hall–Kier alpha value is -1.06. The normalized spacial score (nSPS) is 19.6. The summed E-state index contributed by atoms with van der Waals surface area (Å²) in [5, 5.41) is 3.44. The molecule has 1 aliphatic heterocycles. The third-order valence-electron chi connectivity index (χ3n) is 3.50. The monoisotopic (exact) mass is 234 g/mol. The van der Waals surface area contributed by atoms with Crippen molar-refractivity contribution in [2.24, 2.45) is 0 Å². The largest absolute Gasteiger partial charge is 0.497 e. The van der Waals surface area contributed by atoms with Crippen LogP contribution in [0, 0.1) is 0 Å². The Morgan fingerprint density at radius 2 is 2.18 bits per heavy atom. The van der Waals surface area contributed by atoms with E-state index in [0.717, 1.165) is 25.4 Å². The first-order chi connectivity index (χ1) is 8.31. The second-order valence-corrected chi connectivity index (χ2v) is 4.59. The second-order valence-electron chi connectivity index (χ2n) is 4.59. The number of ether oxygens (including phenoxy) is 1. The van der Waals surface area contributed by atoms with Crippen LogP contribution in [0.25, 0.3) is 0 Å². The maximum absolute atomic E-state index is 5.29. The molecule has 1 N–H and O–H groups in total. The first-order valence-corrected chi connectivity index (χ1v) is 6.40. The quantitative estimate of drug-likeness (QED) is 0.866. The van der Waals surface area contributed by atoms with Crippen molar-refractivity contribution in [2.45, 2.75) is 19.4 Å². The average molecular weight is 234 g/mol. The van der Waals surface area contributed by atoms with Crippen LogP contribution in [0.1, 0.15) is 24.9 Å². The number of nitrogens with zero attached hydrogens (tertiary/aromatic N) is 1. The highest BCUT2D eigenvalue weighted by Crippen LogP contribution is 2.24. The molecule has 3 heteroatoms. The van der Waals surface area contributed by atoms with Gasteiger partial charge >= 0.3 is 0 Å². The van der Waals surface area contributed by atoms with Crippen LogP contribution in [-0.4, -0.2) is 38.2 Å². The van der Waals surface area contributed by atoms with Crippen LogP contribution in [-0.2, 0) is 0 Å². The molecule has 0 amide bonds. The Morgan fingerprint density at radius 1 is 1.29 bits per heavy atom. The lowest BCUT2D eigenvalue weighted by Crippen LogP contribution is -2.30. The van der Waals surface area contributed by atoms with Gasteiger partial charge in [0.25, 0.3) is 0 Å². The van der Waals surface area contributed by atoms with Crippen molar-refractivity contribution >= 4 is 0 Å². The molecule has 1 unspecified atom stereocenters. The van der Waals surface area contributed by atoms with E-state index in [1.807, 2.05) is 6.07 Å². The summed E-state index contributed by atoms with van der Waals surface area (Å²) in [6.45, 7) is 6.81. The number of hydrogen-bond acceptors (Lipinski definition) is 3. The number of rotatable bonds is 3. The van der Waals surface area contributed by atoms with Gasteiger partial charge in [0.05, 0.1) is 7.11 Å². The molecule has 0 aromatic heterocycles. The zero-order valence-electron chi connectivity index (χ0n) is 10.8. The van der Waals surface area contributed by atoms with E-state index in [2.05, 4.69) is 35.3 Å². The molecule has 0 aliphatic carbocycles. The van der Waals surface area contributed by atoms with Gasteiger partial charge in [-0.1, -0.05) is 12.1 Å². The highest BCUT2D eigenvalue weighted by molar-refractivity contribution is 5.30. The van der Waals surface area contributed by atoms with E-state index < -0.39 is 0 Å². The average Bonchev–Trinajstić information content (AvgIpc) is 2.67. The van der Waals surface area contributed by atoms with Gasteiger partial charge in [0.15, 0.2) is 0 Å². The van der Waals surface area contributed by atoms with Gasteiger partial charge in [-0.3, -0.25) is 4.90 Å². The second kappa shape index (κ2) is 6.03. The maximum atomic E-state index is 5.29. The van der Waals surface area contributed by atoms with Crippen molar-refractivity contribution < 1.29 is 4.74 Å². The van der Waals surface area contributed by atoms with Gasteiger partial charge in [-0.15, -0.1) is 0 Å². The van der Waals surface area contributed by atoms with Gasteiger partial charge in [0.2, 0.25) is 0 Å². The molecule has 0 radical (unpaired) electrons. The van der Waals surface area contributed by atoms with Gasteiger partial charge in [-0.25, -0.2) is 0 Å². The molecule has 1 aromatic rings. The predicted octanol–water partition coefficient (Wildman–Crippen LogP) is 2.05. The fourth-order valence-electron chi connectivity index (χ4n) is 2.37. The standard InChI is InChI=1S/C14H22N2O/c1-12(16-9-4-7-15-8-10-16)13-5-3-6-14(11-13)17-2/h3,5-6,11-12,15H,4,7-10H2,1-2H3. The van der Waals surface area contributed by atoms with Gasteiger partial charge in [0, 0.05) is 19.1 Å². The molecule has 0 spiro atoms. The third kappa shape index (κ3) is 3.20. The predicted molar refractivity (Wildman–Crippen MR) is 70.5 cm³/mol. The Morgan fingerprint density at radius 3 is 3.00 bits per heavy atom.